The van der Waals surface area contributed by atoms with Crippen molar-refractivity contribution in [2.24, 2.45) is 0 Å². The highest BCUT2D eigenvalue weighted by Gasteiger charge is 2.50. The Kier molecular flexibility index (Phi) is 13.1. The Labute approximate surface area is 384 Å². The van der Waals surface area contributed by atoms with Crippen LogP contribution in [-0.2, 0) is 35.8 Å². The van der Waals surface area contributed by atoms with E-state index in [1.54, 1.807) is 47.1 Å². The minimum absolute atomic E-state index is 0.0844. The van der Waals surface area contributed by atoms with Crippen LogP contribution < -0.4 is 30.9 Å². The number of carbonyl (C=O) groups is 2. The molecule has 0 spiro atoms. The van der Waals surface area contributed by atoms with Crippen LogP contribution in [0.1, 0.15) is 49.3 Å². The van der Waals surface area contributed by atoms with Crippen molar-refractivity contribution in [3.63, 3.8) is 0 Å². The molecule has 1 aliphatic heterocycles. The lowest BCUT2D eigenvalue weighted by Crippen LogP contribution is -2.48. The maximum atomic E-state index is 14.7. The number of rotatable bonds is 15. The van der Waals surface area contributed by atoms with Crippen molar-refractivity contribution in [3.05, 3.63) is 148 Å². The molecule has 4 heterocycles. The zero-order chi connectivity index (χ0) is 47.5. The van der Waals surface area contributed by atoms with Crippen LogP contribution >= 0.6 is 0 Å². The number of ether oxygens (including phenoxy) is 7. The van der Waals surface area contributed by atoms with Crippen molar-refractivity contribution in [3.8, 4) is 17.2 Å². The fourth-order valence-corrected chi connectivity index (χ4v) is 8.13. The van der Waals surface area contributed by atoms with Crippen LogP contribution in [-0.4, -0.2) is 94.6 Å². The Morgan fingerprint density at radius 1 is 0.836 bits per heavy atom. The Morgan fingerprint density at radius 3 is 2.09 bits per heavy atom. The first-order valence-corrected chi connectivity index (χ1v) is 21.3. The first-order valence-electron chi connectivity index (χ1n) is 21.3. The largest absolute Gasteiger partial charge is 0.497 e. The minimum Gasteiger partial charge on any atom is -0.497 e. The molecule has 67 heavy (non-hydrogen) atoms. The third kappa shape index (κ3) is 9.58. The lowest BCUT2D eigenvalue weighted by molar-refractivity contribution is -0.161. The van der Waals surface area contributed by atoms with E-state index in [2.05, 4.69) is 20.3 Å². The van der Waals surface area contributed by atoms with Crippen LogP contribution in [0.15, 0.2) is 125 Å². The number of alkyl carbamates (subject to hydrolysis) is 1. The molecule has 3 aromatic heterocycles. The predicted molar refractivity (Wildman–Crippen MR) is 244 cm³/mol. The van der Waals surface area contributed by atoms with E-state index in [-0.39, 0.29) is 35.6 Å². The molecule has 18 heteroatoms. The van der Waals surface area contributed by atoms with Crippen LogP contribution in [0.5, 0.6) is 17.2 Å². The summed E-state index contributed by atoms with van der Waals surface area (Å²) in [5.41, 5.74) is 6.43. The number of fused-ring (bicyclic) bond motifs is 2. The average Bonchev–Trinajstić information content (AvgIpc) is 3.89. The molecule has 1 aliphatic rings. The number of aliphatic hydroxyl groups excluding tert-OH is 1. The maximum absolute atomic E-state index is 14.7. The highest BCUT2D eigenvalue weighted by atomic mass is 16.6. The zero-order valence-corrected chi connectivity index (χ0v) is 37.6. The third-order valence-corrected chi connectivity index (χ3v) is 11.3. The monoisotopic (exact) mass is 914 g/mol. The van der Waals surface area contributed by atoms with Gasteiger partial charge >= 0.3 is 17.7 Å². The second kappa shape index (κ2) is 19.1. The molecule has 0 aliphatic carbocycles. The topological polar surface area (TPSA) is 231 Å². The van der Waals surface area contributed by atoms with Gasteiger partial charge in [-0.1, -0.05) is 54.6 Å². The number of nitrogens with two attached hydrogens (primary N) is 1. The van der Waals surface area contributed by atoms with E-state index in [1.807, 2.05) is 78.9 Å². The number of nitrogens with one attached hydrogen (secondary N) is 1. The molecule has 1 fully saturated rings. The van der Waals surface area contributed by atoms with Gasteiger partial charge in [-0.2, -0.15) is 0 Å². The van der Waals surface area contributed by atoms with Crippen LogP contribution in [0.2, 0.25) is 0 Å². The zero-order valence-electron chi connectivity index (χ0n) is 37.6. The van der Waals surface area contributed by atoms with Gasteiger partial charge in [0.1, 0.15) is 64.1 Å². The number of aromatic nitrogens is 4. The highest BCUT2D eigenvalue weighted by molar-refractivity contribution is 5.85. The van der Waals surface area contributed by atoms with Crippen molar-refractivity contribution in [2.45, 2.75) is 69.0 Å². The Bertz CT molecular complexity index is 2870. The number of aliphatic hydroxyl groups is 1. The van der Waals surface area contributed by atoms with E-state index in [4.69, 9.17) is 43.3 Å². The van der Waals surface area contributed by atoms with Crippen LogP contribution in [0.3, 0.4) is 0 Å². The molecule has 0 saturated carbocycles. The maximum Gasteiger partial charge on any atom is 0.408 e. The number of hydrogen-bond donors (Lipinski definition) is 3. The van der Waals surface area contributed by atoms with Crippen molar-refractivity contribution >= 4 is 40.0 Å². The Balaban J connectivity index is 1.18. The number of hydrogen-bond acceptors (Lipinski definition) is 16. The first-order chi connectivity index (χ1) is 32.2. The molecule has 4 N–H and O–H groups in total. The van der Waals surface area contributed by atoms with Crippen LogP contribution in [0, 0.1) is 0 Å². The fourth-order valence-electron chi connectivity index (χ4n) is 8.13. The van der Waals surface area contributed by atoms with Gasteiger partial charge in [0.25, 0.3) is 0 Å². The summed E-state index contributed by atoms with van der Waals surface area (Å²) < 4.78 is 48.8. The van der Waals surface area contributed by atoms with Gasteiger partial charge in [-0.3, -0.25) is 4.57 Å². The molecule has 7 aromatic rings. The van der Waals surface area contributed by atoms with Gasteiger partial charge in [0.15, 0.2) is 23.8 Å². The van der Waals surface area contributed by atoms with Crippen LogP contribution in [0.25, 0.3) is 22.1 Å². The summed E-state index contributed by atoms with van der Waals surface area (Å²) in [6.45, 7) is 4.74. The minimum atomic E-state index is -1.56. The summed E-state index contributed by atoms with van der Waals surface area (Å²) in [6.07, 6.45) is -4.05. The molecule has 1 saturated heterocycles. The lowest BCUT2D eigenvalue weighted by atomic mass is 9.80. The normalized spacial score (nSPS) is 17.8. The van der Waals surface area contributed by atoms with Crippen LogP contribution in [0.4, 0.5) is 10.6 Å². The number of methoxy groups -OCH3 is 3. The van der Waals surface area contributed by atoms with Crippen molar-refractivity contribution < 1.29 is 52.3 Å². The van der Waals surface area contributed by atoms with E-state index in [9.17, 15) is 19.5 Å². The number of nitrogens with zero attached hydrogens (tertiary/aromatic N) is 4. The summed E-state index contributed by atoms with van der Waals surface area (Å²) in [7, 11) is 4.63. The Hall–Kier alpha value is -7.54. The number of benzene rings is 4. The molecule has 18 nitrogen and oxygen atoms in total. The van der Waals surface area contributed by atoms with E-state index in [0.29, 0.717) is 28.2 Å². The number of esters is 1. The molecule has 5 atom stereocenters. The van der Waals surface area contributed by atoms with Gasteiger partial charge in [-0.15, -0.1) is 0 Å². The summed E-state index contributed by atoms with van der Waals surface area (Å²) in [6, 6.07) is 29.1. The fraction of sp³-hybridized carbons (Fsp3) is 0.306. The molecule has 4 unspecified atom stereocenters. The molecule has 0 radical (unpaired) electrons. The van der Waals surface area contributed by atoms with Gasteiger partial charge in [0, 0.05) is 23.9 Å². The van der Waals surface area contributed by atoms with E-state index in [1.165, 1.54) is 36.5 Å². The SMILES string of the molecule is COc1ccc(C(OCC2OC(n3cnc4c(N)ncnc43)C(OC(=O)[C@@H](Cc3cc(=O)oc4cc(OC)ccc34)NC(=O)OC(C)(C)C)C2O)(c2ccccc2)c2ccc(OC)cc2)cc1. The highest BCUT2D eigenvalue weighted by Crippen LogP contribution is 2.43. The Morgan fingerprint density at radius 2 is 1.46 bits per heavy atom. The second-order valence-corrected chi connectivity index (χ2v) is 16.7. The summed E-state index contributed by atoms with van der Waals surface area (Å²) >= 11 is 0. The molecule has 8 rings (SSSR count). The summed E-state index contributed by atoms with van der Waals surface area (Å²) in [5.74, 6) is 0.782. The number of anilines is 1. The van der Waals surface area contributed by atoms with E-state index >= 15 is 0 Å². The van der Waals surface area contributed by atoms with E-state index in [0.717, 1.165) is 16.7 Å². The standard InChI is InChI=1S/C49H50N6O12/c1-48(2,3)67-47(59)54-36(22-28-23-39(56)64-37-24-34(62-6)20-21-35(28)37)46(58)66-42-41(57)38(65-45(42)55-27-53-40-43(50)51-26-52-44(40)55)25-63-49(29-10-8-7-9-11-29,30-12-16-32(60-4)17-13-30)31-14-18-33(61-5)19-15-31/h7-21,23-24,26-27,36,38,41-42,45,57H,22,25H2,1-6H3,(H,54,59)(H2,50,51,52)/t36-,38?,41?,42?,45?/m1/s1. The first kappa shape index (κ1) is 46.0. The molecule has 1 amide bonds. The number of amides is 1. The van der Waals surface area contributed by atoms with Gasteiger partial charge < -0.3 is 53.7 Å². The summed E-state index contributed by atoms with van der Waals surface area (Å²) in [4.78, 5) is 53.8. The van der Waals surface area contributed by atoms with E-state index < -0.39 is 59.5 Å². The summed E-state index contributed by atoms with van der Waals surface area (Å²) in [5, 5.41) is 15.5. The van der Waals surface area contributed by atoms with Crippen molar-refractivity contribution in [2.75, 3.05) is 33.7 Å². The molecular formula is C49H50N6O12. The smallest absolute Gasteiger partial charge is 0.408 e. The third-order valence-electron chi connectivity index (χ3n) is 11.3. The van der Waals surface area contributed by atoms with Gasteiger partial charge in [-0.25, -0.2) is 29.3 Å². The number of nitrogen functional groups attached to an aromatic ring is 1. The quantitative estimate of drug-likeness (QED) is 0.0622. The number of imidazole rings is 1. The molecule has 0 bridgehead atoms. The molecule has 4 aromatic carbocycles. The van der Waals surface area contributed by atoms with Gasteiger partial charge in [0.2, 0.25) is 0 Å². The molecule has 348 valence electrons. The van der Waals surface area contributed by atoms with Gasteiger partial charge in [-0.05, 0) is 79.4 Å². The lowest BCUT2D eigenvalue weighted by Gasteiger charge is -2.37. The van der Waals surface area contributed by atoms with Gasteiger partial charge in [0.05, 0.1) is 34.3 Å². The average molecular weight is 915 g/mol. The van der Waals surface area contributed by atoms with Crippen molar-refractivity contribution in [1.82, 2.24) is 24.8 Å². The second-order valence-electron chi connectivity index (χ2n) is 16.7. The predicted octanol–water partition coefficient (Wildman–Crippen LogP) is 5.86. The number of carbonyl (C=O) groups excluding carboxylic acids is 2. The molecular weight excluding hydrogens is 865 g/mol. The van der Waals surface area contributed by atoms with Crippen molar-refractivity contribution in [1.29, 1.82) is 0 Å².